The number of rotatable bonds is 6. The molecule has 0 aliphatic carbocycles. The van der Waals surface area contributed by atoms with Crippen LogP contribution in [0.3, 0.4) is 0 Å². The van der Waals surface area contributed by atoms with Gasteiger partial charge in [-0.15, -0.1) is 0 Å². The highest BCUT2D eigenvalue weighted by molar-refractivity contribution is 6.09. The molecular formula is C44H30N4. The molecule has 0 amide bonds. The van der Waals surface area contributed by atoms with E-state index in [0.717, 1.165) is 55.9 Å². The lowest BCUT2D eigenvalue weighted by atomic mass is 10.0. The first kappa shape index (κ1) is 27.8. The molecule has 0 spiro atoms. The first-order chi connectivity index (χ1) is 23.8. The van der Waals surface area contributed by atoms with Gasteiger partial charge in [-0.1, -0.05) is 121 Å². The van der Waals surface area contributed by atoms with E-state index in [9.17, 15) is 0 Å². The average Bonchev–Trinajstić information content (AvgIpc) is 3.56. The second kappa shape index (κ2) is 11.7. The van der Waals surface area contributed by atoms with Crippen molar-refractivity contribution in [2.75, 3.05) is 4.90 Å². The molecule has 3 heterocycles. The number of aromatic nitrogens is 3. The van der Waals surface area contributed by atoms with Crippen LogP contribution in [0.25, 0.3) is 61.1 Å². The van der Waals surface area contributed by atoms with E-state index in [0.29, 0.717) is 0 Å². The Morgan fingerprint density at radius 2 is 0.979 bits per heavy atom. The highest BCUT2D eigenvalue weighted by atomic mass is 15.1. The Hall–Kier alpha value is -6.52. The van der Waals surface area contributed by atoms with E-state index < -0.39 is 0 Å². The molecule has 48 heavy (non-hydrogen) atoms. The van der Waals surface area contributed by atoms with Gasteiger partial charge in [-0.3, -0.25) is 4.40 Å². The van der Waals surface area contributed by atoms with Crippen molar-refractivity contribution in [1.29, 1.82) is 0 Å². The molecule has 0 atom stereocenters. The zero-order valence-electron chi connectivity index (χ0n) is 26.1. The number of anilines is 3. The predicted octanol–water partition coefficient (Wildman–Crippen LogP) is 11.5. The first-order valence-corrected chi connectivity index (χ1v) is 16.2. The van der Waals surface area contributed by atoms with Crippen molar-refractivity contribution in [3.63, 3.8) is 0 Å². The van der Waals surface area contributed by atoms with Crippen LogP contribution in [0.2, 0.25) is 0 Å². The number of pyridine rings is 2. The van der Waals surface area contributed by atoms with Gasteiger partial charge in [0, 0.05) is 34.2 Å². The Labute approximate surface area is 278 Å². The molecule has 0 unspecified atom stereocenters. The highest BCUT2D eigenvalue weighted by Crippen LogP contribution is 2.40. The van der Waals surface area contributed by atoms with Crippen LogP contribution in [-0.4, -0.2) is 14.4 Å². The van der Waals surface area contributed by atoms with Crippen molar-refractivity contribution in [3.8, 4) is 33.5 Å². The average molecular weight is 615 g/mol. The van der Waals surface area contributed by atoms with Crippen molar-refractivity contribution in [2.24, 2.45) is 0 Å². The molecule has 9 aromatic rings. The van der Waals surface area contributed by atoms with Crippen LogP contribution in [0.15, 0.2) is 182 Å². The fraction of sp³-hybridized carbons (Fsp3) is 0. The molecule has 3 aromatic heterocycles. The molecule has 6 aromatic carbocycles. The van der Waals surface area contributed by atoms with Crippen LogP contribution < -0.4 is 4.90 Å². The van der Waals surface area contributed by atoms with E-state index in [1.54, 1.807) is 0 Å². The SMILES string of the molecule is c1ccc(-c2ccc(N(c3ccc(-c4ccccc4)cc3)c3cccc(-c4nc5ccccc5c5nc6ccccn6c45)c3)cc2)cc1. The summed E-state index contributed by atoms with van der Waals surface area (Å²) in [6.45, 7) is 0. The van der Waals surface area contributed by atoms with Crippen LogP contribution >= 0.6 is 0 Å². The summed E-state index contributed by atoms with van der Waals surface area (Å²) in [7, 11) is 0. The maximum absolute atomic E-state index is 5.25. The molecule has 0 aliphatic rings. The van der Waals surface area contributed by atoms with Gasteiger partial charge in [-0.2, -0.15) is 0 Å². The maximum Gasteiger partial charge on any atom is 0.137 e. The number of benzene rings is 6. The third-order valence-corrected chi connectivity index (χ3v) is 8.99. The van der Waals surface area contributed by atoms with Crippen molar-refractivity contribution in [3.05, 3.63) is 182 Å². The normalized spacial score (nSPS) is 11.3. The standard InChI is InChI=1S/C44H30N4/c1-3-12-31(13-4-1)33-21-25-36(26-22-33)48(37-27-23-34(24-28-37)32-14-5-2-6-15-32)38-17-11-16-35(30-38)42-44-43(39-18-7-8-19-40(39)45-42)46-41-20-9-10-29-47(41)44/h1-30H. The topological polar surface area (TPSA) is 33.4 Å². The van der Waals surface area contributed by atoms with Crippen LogP contribution in [0.4, 0.5) is 17.1 Å². The third-order valence-electron chi connectivity index (χ3n) is 8.99. The second-order valence-electron chi connectivity index (χ2n) is 11.9. The minimum atomic E-state index is 0.904. The van der Waals surface area contributed by atoms with Crippen molar-refractivity contribution in [1.82, 2.24) is 14.4 Å². The van der Waals surface area contributed by atoms with Gasteiger partial charge in [0.2, 0.25) is 0 Å². The van der Waals surface area contributed by atoms with Crippen molar-refractivity contribution < 1.29 is 0 Å². The first-order valence-electron chi connectivity index (χ1n) is 16.2. The lowest BCUT2D eigenvalue weighted by molar-refractivity contribution is 1.22. The van der Waals surface area contributed by atoms with E-state index in [1.807, 2.05) is 18.2 Å². The largest absolute Gasteiger partial charge is 0.310 e. The van der Waals surface area contributed by atoms with E-state index in [2.05, 4.69) is 173 Å². The molecule has 0 bridgehead atoms. The molecule has 9 rings (SSSR count). The summed E-state index contributed by atoms with van der Waals surface area (Å²) < 4.78 is 2.15. The monoisotopic (exact) mass is 614 g/mol. The van der Waals surface area contributed by atoms with E-state index in [4.69, 9.17) is 9.97 Å². The van der Waals surface area contributed by atoms with E-state index >= 15 is 0 Å². The number of para-hydroxylation sites is 1. The molecule has 0 radical (unpaired) electrons. The lowest BCUT2D eigenvalue weighted by Gasteiger charge is -2.26. The molecule has 0 saturated carbocycles. The van der Waals surface area contributed by atoms with Gasteiger partial charge in [0.15, 0.2) is 0 Å². The smallest absolute Gasteiger partial charge is 0.137 e. The number of fused-ring (bicyclic) bond motifs is 5. The summed E-state index contributed by atoms with van der Waals surface area (Å²) in [5.41, 5.74) is 13.7. The molecule has 4 nitrogen and oxygen atoms in total. The molecule has 4 heteroatoms. The zero-order chi connectivity index (χ0) is 31.9. The van der Waals surface area contributed by atoms with Gasteiger partial charge in [-0.25, -0.2) is 9.97 Å². The van der Waals surface area contributed by atoms with Gasteiger partial charge in [0.25, 0.3) is 0 Å². The van der Waals surface area contributed by atoms with Crippen LogP contribution in [0, 0.1) is 0 Å². The maximum atomic E-state index is 5.25. The van der Waals surface area contributed by atoms with Crippen molar-refractivity contribution in [2.45, 2.75) is 0 Å². The summed E-state index contributed by atoms with van der Waals surface area (Å²) in [6.07, 6.45) is 2.07. The molecule has 0 aliphatic heterocycles. The fourth-order valence-electron chi connectivity index (χ4n) is 6.66. The number of nitrogens with zero attached hydrogens (tertiary/aromatic N) is 4. The summed E-state index contributed by atoms with van der Waals surface area (Å²) >= 11 is 0. The van der Waals surface area contributed by atoms with E-state index in [1.165, 1.54) is 22.3 Å². The number of hydrogen-bond donors (Lipinski definition) is 0. The molecular weight excluding hydrogens is 585 g/mol. The molecule has 0 saturated heterocycles. The Kier molecular flexibility index (Phi) is 6.76. The third kappa shape index (κ3) is 4.88. The van der Waals surface area contributed by atoms with Gasteiger partial charge >= 0.3 is 0 Å². The second-order valence-corrected chi connectivity index (χ2v) is 11.9. The van der Waals surface area contributed by atoms with Gasteiger partial charge in [-0.05, 0) is 76.9 Å². The zero-order valence-corrected chi connectivity index (χ0v) is 26.1. The van der Waals surface area contributed by atoms with Gasteiger partial charge in [0.1, 0.15) is 11.2 Å². The summed E-state index contributed by atoms with van der Waals surface area (Å²) in [5.74, 6) is 0. The van der Waals surface area contributed by atoms with Crippen LogP contribution in [0.1, 0.15) is 0 Å². The molecule has 0 N–H and O–H groups in total. The van der Waals surface area contributed by atoms with Gasteiger partial charge < -0.3 is 4.90 Å². The summed E-state index contributed by atoms with van der Waals surface area (Å²) in [4.78, 5) is 12.6. The highest BCUT2D eigenvalue weighted by Gasteiger charge is 2.19. The minimum absolute atomic E-state index is 0.904. The van der Waals surface area contributed by atoms with E-state index in [-0.39, 0.29) is 0 Å². The quantitative estimate of drug-likeness (QED) is 0.187. The predicted molar refractivity (Wildman–Crippen MR) is 199 cm³/mol. The Morgan fingerprint density at radius 1 is 0.417 bits per heavy atom. The Bertz CT molecular complexity index is 2450. The summed E-state index contributed by atoms with van der Waals surface area (Å²) in [6, 6.07) is 61.7. The molecule has 0 fully saturated rings. The Morgan fingerprint density at radius 3 is 1.65 bits per heavy atom. The molecule has 226 valence electrons. The van der Waals surface area contributed by atoms with Crippen LogP contribution in [-0.2, 0) is 0 Å². The fourth-order valence-corrected chi connectivity index (χ4v) is 6.66. The van der Waals surface area contributed by atoms with Crippen LogP contribution in [0.5, 0.6) is 0 Å². The number of hydrogen-bond acceptors (Lipinski definition) is 3. The number of imidazole rings is 1. The summed E-state index contributed by atoms with van der Waals surface area (Å²) in [5, 5.41) is 1.05. The minimum Gasteiger partial charge on any atom is -0.310 e. The lowest BCUT2D eigenvalue weighted by Crippen LogP contribution is -2.10. The van der Waals surface area contributed by atoms with Crippen molar-refractivity contribution >= 4 is 44.6 Å². The Balaban J connectivity index is 1.21. The van der Waals surface area contributed by atoms with Gasteiger partial charge in [0.05, 0.1) is 16.7 Å².